The van der Waals surface area contributed by atoms with Crippen LogP contribution in [0.25, 0.3) is 0 Å². The summed E-state index contributed by atoms with van der Waals surface area (Å²) >= 11 is 5.05. The van der Waals surface area contributed by atoms with Crippen LogP contribution in [0.3, 0.4) is 0 Å². The first-order valence-electron chi connectivity index (χ1n) is 6.94. The van der Waals surface area contributed by atoms with Gasteiger partial charge in [-0.15, -0.1) is 0 Å². The summed E-state index contributed by atoms with van der Waals surface area (Å²) in [7, 11) is 0. The molecule has 102 valence electrons. The van der Waals surface area contributed by atoms with Gasteiger partial charge in [0.1, 0.15) is 0 Å². The Kier molecular flexibility index (Phi) is 3.66. The van der Waals surface area contributed by atoms with Gasteiger partial charge in [0.05, 0.1) is 0 Å². The van der Waals surface area contributed by atoms with Crippen LogP contribution in [0.1, 0.15) is 30.5 Å². The number of nitrogens with zero attached hydrogens (tertiary/aromatic N) is 1. The van der Waals surface area contributed by atoms with Crippen molar-refractivity contribution in [3.05, 3.63) is 38.5 Å². The summed E-state index contributed by atoms with van der Waals surface area (Å²) in [6.07, 6.45) is 9.07. The van der Waals surface area contributed by atoms with Crippen LogP contribution in [0.15, 0.2) is 16.9 Å². The molecule has 1 aliphatic heterocycles. The molecule has 1 atom stereocenters. The van der Waals surface area contributed by atoms with Crippen molar-refractivity contribution in [2.24, 2.45) is 5.92 Å². The number of aromatic nitrogens is 2. The highest BCUT2D eigenvalue weighted by Crippen LogP contribution is 2.22. The van der Waals surface area contributed by atoms with Crippen LogP contribution >= 0.6 is 12.2 Å². The lowest BCUT2D eigenvalue weighted by Gasteiger charge is -2.31. The van der Waals surface area contributed by atoms with Gasteiger partial charge in [-0.1, -0.05) is 12.2 Å². The van der Waals surface area contributed by atoms with Crippen LogP contribution in [0.4, 0.5) is 0 Å². The molecule has 0 saturated carbocycles. The Morgan fingerprint density at radius 3 is 3.05 bits per heavy atom. The predicted octanol–water partition coefficient (Wildman–Crippen LogP) is 2.15. The molecule has 3 rings (SSSR count). The number of hydrogen-bond donors (Lipinski definition) is 2. The van der Waals surface area contributed by atoms with E-state index in [-0.39, 0.29) is 5.56 Å². The zero-order chi connectivity index (χ0) is 13.2. The fourth-order valence-electron chi connectivity index (χ4n) is 3.07. The SMILES string of the molecule is O=c1[nH]c(=S)[nH]c2c1CCN(CC1CC=CCC1)C2. The zero-order valence-electron chi connectivity index (χ0n) is 10.9. The number of rotatable bonds is 2. The third kappa shape index (κ3) is 2.87. The molecule has 0 radical (unpaired) electrons. The minimum Gasteiger partial charge on any atom is -0.334 e. The fraction of sp³-hybridized carbons (Fsp3) is 0.571. The number of allylic oxidation sites excluding steroid dienone is 2. The quantitative estimate of drug-likeness (QED) is 0.643. The molecular formula is C14H19N3OS. The summed E-state index contributed by atoms with van der Waals surface area (Å²) in [5, 5.41) is 0. The molecule has 1 unspecified atom stereocenters. The molecule has 1 aromatic heterocycles. The van der Waals surface area contributed by atoms with Gasteiger partial charge in [0.2, 0.25) is 0 Å². The molecular weight excluding hydrogens is 258 g/mol. The van der Waals surface area contributed by atoms with Crippen LogP contribution < -0.4 is 5.56 Å². The van der Waals surface area contributed by atoms with Crippen molar-refractivity contribution in [1.29, 1.82) is 0 Å². The average Bonchev–Trinajstić information content (AvgIpc) is 2.39. The maximum Gasteiger partial charge on any atom is 0.255 e. The first-order valence-corrected chi connectivity index (χ1v) is 7.35. The van der Waals surface area contributed by atoms with E-state index in [0.29, 0.717) is 4.77 Å². The highest BCUT2D eigenvalue weighted by molar-refractivity contribution is 7.71. The van der Waals surface area contributed by atoms with Crippen molar-refractivity contribution in [2.75, 3.05) is 13.1 Å². The number of aromatic amines is 2. The van der Waals surface area contributed by atoms with Gasteiger partial charge in [-0.2, -0.15) is 0 Å². The second kappa shape index (κ2) is 5.43. The van der Waals surface area contributed by atoms with Gasteiger partial charge in [0.25, 0.3) is 5.56 Å². The van der Waals surface area contributed by atoms with E-state index in [2.05, 4.69) is 27.0 Å². The minimum absolute atomic E-state index is 0.0148. The van der Waals surface area contributed by atoms with Crippen LogP contribution in [0.2, 0.25) is 0 Å². The number of hydrogen-bond acceptors (Lipinski definition) is 3. The second-order valence-corrected chi connectivity index (χ2v) is 5.91. The lowest BCUT2D eigenvalue weighted by atomic mass is 9.93. The molecule has 19 heavy (non-hydrogen) atoms. The maximum atomic E-state index is 11.8. The maximum absolute atomic E-state index is 11.8. The Balaban J connectivity index is 1.73. The van der Waals surface area contributed by atoms with E-state index >= 15 is 0 Å². The summed E-state index contributed by atoms with van der Waals surface area (Å²) in [4.78, 5) is 20.1. The Labute approximate surface area is 117 Å². The normalized spacial score (nSPS) is 23.3. The summed E-state index contributed by atoms with van der Waals surface area (Å²) in [6.45, 7) is 2.92. The van der Waals surface area contributed by atoms with Crippen LogP contribution in [0.5, 0.6) is 0 Å². The van der Waals surface area contributed by atoms with Crippen LogP contribution in [0, 0.1) is 10.7 Å². The molecule has 0 aromatic carbocycles. The zero-order valence-corrected chi connectivity index (χ0v) is 11.8. The lowest BCUT2D eigenvalue weighted by molar-refractivity contribution is 0.203. The Morgan fingerprint density at radius 2 is 2.26 bits per heavy atom. The van der Waals surface area contributed by atoms with E-state index in [1.54, 1.807) is 0 Å². The smallest absolute Gasteiger partial charge is 0.255 e. The summed E-state index contributed by atoms with van der Waals surface area (Å²) < 4.78 is 0.436. The van der Waals surface area contributed by atoms with Crippen molar-refractivity contribution in [3.8, 4) is 0 Å². The number of fused-ring (bicyclic) bond motifs is 1. The summed E-state index contributed by atoms with van der Waals surface area (Å²) in [6, 6.07) is 0. The molecule has 0 fully saturated rings. The molecule has 0 bridgehead atoms. The molecule has 1 aliphatic carbocycles. The van der Waals surface area contributed by atoms with Gasteiger partial charge in [0.15, 0.2) is 4.77 Å². The molecule has 0 saturated heterocycles. The minimum atomic E-state index is -0.0148. The van der Waals surface area contributed by atoms with E-state index in [1.165, 1.54) is 19.3 Å². The van der Waals surface area contributed by atoms with E-state index in [0.717, 1.165) is 43.2 Å². The van der Waals surface area contributed by atoms with Crippen molar-refractivity contribution in [2.45, 2.75) is 32.2 Å². The lowest BCUT2D eigenvalue weighted by Crippen LogP contribution is -2.38. The first-order chi connectivity index (χ1) is 9.22. The van der Waals surface area contributed by atoms with E-state index in [1.807, 2.05) is 0 Å². The van der Waals surface area contributed by atoms with Crippen LogP contribution in [-0.4, -0.2) is 28.0 Å². The largest absolute Gasteiger partial charge is 0.334 e. The van der Waals surface area contributed by atoms with Crippen LogP contribution in [-0.2, 0) is 13.0 Å². The van der Waals surface area contributed by atoms with E-state index in [4.69, 9.17) is 12.2 Å². The van der Waals surface area contributed by atoms with E-state index in [9.17, 15) is 4.79 Å². The highest BCUT2D eigenvalue weighted by Gasteiger charge is 2.22. The molecule has 4 nitrogen and oxygen atoms in total. The molecule has 2 heterocycles. The fourth-order valence-corrected chi connectivity index (χ4v) is 3.29. The standard InChI is InChI=1S/C14H19N3OS/c18-13-11-6-7-17(8-10-4-2-1-3-5-10)9-12(11)15-14(19)16-13/h1-2,10H,3-9H2,(H2,15,16,18,19). The number of nitrogens with one attached hydrogen (secondary N) is 2. The Morgan fingerprint density at radius 1 is 1.37 bits per heavy atom. The first kappa shape index (κ1) is 12.8. The van der Waals surface area contributed by atoms with Gasteiger partial charge in [0, 0.05) is 30.9 Å². The Hall–Kier alpha value is -1.20. The highest BCUT2D eigenvalue weighted by atomic mass is 32.1. The van der Waals surface area contributed by atoms with Gasteiger partial charge in [-0.3, -0.25) is 14.7 Å². The third-order valence-electron chi connectivity index (χ3n) is 4.08. The van der Waals surface area contributed by atoms with Gasteiger partial charge in [-0.25, -0.2) is 0 Å². The monoisotopic (exact) mass is 277 g/mol. The average molecular weight is 277 g/mol. The topological polar surface area (TPSA) is 51.9 Å². The van der Waals surface area contributed by atoms with Gasteiger partial charge < -0.3 is 4.98 Å². The molecule has 0 amide bonds. The second-order valence-electron chi connectivity index (χ2n) is 5.50. The third-order valence-corrected chi connectivity index (χ3v) is 4.29. The molecule has 5 heteroatoms. The van der Waals surface area contributed by atoms with Gasteiger partial charge >= 0.3 is 0 Å². The predicted molar refractivity (Wildman–Crippen MR) is 77.7 cm³/mol. The molecule has 2 aliphatic rings. The number of H-pyrrole nitrogens is 2. The molecule has 2 N–H and O–H groups in total. The van der Waals surface area contributed by atoms with Crippen molar-refractivity contribution in [3.63, 3.8) is 0 Å². The van der Waals surface area contributed by atoms with Crippen molar-refractivity contribution in [1.82, 2.24) is 14.9 Å². The molecule has 1 aromatic rings. The van der Waals surface area contributed by atoms with E-state index < -0.39 is 0 Å². The van der Waals surface area contributed by atoms with Gasteiger partial charge in [-0.05, 0) is 43.8 Å². The van der Waals surface area contributed by atoms with Crippen molar-refractivity contribution >= 4 is 12.2 Å². The van der Waals surface area contributed by atoms with Crippen molar-refractivity contribution < 1.29 is 0 Å². The Bertz CT molecular complexity index is 601. The molecule has 0 spiro atoms. The summed E-state index contributed by atoms with van der Waals surface area (Å²) in [5.41, 5.74) is 1.87. The summed E-state index contributed by atoms with van der Waals surface area (Å²) in [5.74, 6) is 0.761.